The lowest BCUT2D eigenvalue weighted by atomic mass is 9.78. The predicted octanol–water partition coefficient (Wildman–Crippen LogP) is 2.38. The van der Waals surface area contributed by atoms with Crippen LogP contribution in [0.2, 0.25) is 0 Å². The quantitative estimate of drug-likeness (QED) is 0.829. The van der Waals surface area contributed by atoms with Crippen LogP contribution in [-0.2, 0) is 14.9 Å². The van der Waals surface area contributed by atoms with Crippen molar-refractivity contribution in [2.45, 2.75) is 50.0 Å². The SMILES string of the molecule is COc1cccc(C2(CNC(=O)C(N)C3CCOCC3)CCCC2)c1. The predicted molar refractivity (Wildman–Crippen MR) is 97.7 cm³/mol. The summed E-state index contributed by atoms with van der Waals surface area (Å²) in [6, 6.07) is 7.82. The van der Waals surface area contributed by atoms with Gasteiger partial charge in [0, 0.05) is 25.2 Å². The molecular formula is C20H30N2O3. The number of carbonyl (C=O) groups is 1. The number of ether oxygens (including phenoxy) is 2. The molecular weight excluding hydrogens is 316 g/mol. The maximum absolute atomic E-state index is 12.6. The number of methoxy groups -OCH3 is 1. The summed E-state index contributed by atoms with van der Waals surface area (Å²) in [5, 5.41) is 3.15. The van der Waals surface area contributed by atoms with Crippen LogP contribution in [0.1, 0.15) is 44.1 Å². The molecule has 0 radical (unpaired) electrons. The van der Waals surface area contributed by atoms with E-state index in [4.69, 9.17) is 15.2 Å². The summed E-state index contributed by atoms with van der Waals surface area (Å²) in [6.45, 7) is 2.06. The summed E-state index contributed by atoms with van der Waals surface area (Å²) >= 11 is 0. The molecule has 1 saturated heterocycles. The highest BCUT2D eigenvalue weighted by Crippen LogP contribution is 2.41. The van der Waals surface area contributed by atoms with Crippen LogP contribution in [0.25, 0.3) is 0 Å². The molecule has 2 fully saturated rings. The second kappa shape index (κ2) is 8.19. The van der Waals surface area contributed by atoms with E-state index in [9.17, 15) is 4.79 Å². The van der Waals surface area contributed by atoms with E-state index in [-0.39, 0.29) is 17.2 Å². The molecule has 1 aliphatic heterocycles. The Labute approximate surface area is 150 Å². The zero-order valence-corrected chi connectivity index (χ0v) is 15.1. The van der Waals surface area contributed by atoms with Gasteiger partial charge in [0.15, 0.2) is 0 Å². The van der Waals surface area contributed by atoms with E-state index in [1.54, 1.807) is 7.11 Å². The van der Waals surface area contributed by atoms with Crippen LogP contribution < -0.4 is 15.8 Å². The van der Waals surface area contributed by atoms with E-state index in [1.165, 1.54) is 18.4 Å². The van der Waals surface area contributed by atoms with Crippen LogP contribution in [0.4, 0.5) is 0 Å². The summed E-state index contributed by atoms with van der Waals surface area (Å²) in [5.74, 6) is 1.07. The minimum atomic E-state index is -0.437. The maximum Gasteiger partial charge on any atom is 0.237 e. The first-order chi connectivity index (χ1) is 12.1. The molecule has 3 N–H and O–H groups in total. The van der Waals surface area contributed by atoms with Crippen LogP contribution in [-0.4, -0.2) is 38.8 Å². The zero-order chi connectivity index (χ0) is 17.7. The van der Waals surface area contributed by atoms with Crippen molar-refractivity contribution in [3.05, 3.63) is 29.8 Å². The highest BCUT2D eigenvalue weighted by molar-refractivity contribution is 5.82. The minimum Gasteiger partial charge on any atom is -0.497 e. The van der Waals surface area contributed by atoms with E-state index >= 15 is 0 Å². The maximum atomic E-state index is 12.6. The first-order valence-electron chi connectivity index (χ1n) is 9.40. The molecule has 0 bridgehead atoms. The molecule has 2 aliphatic rings. The molecule has 0 aromatic heterocycles. The van der Waals surface area contributed by atoms with Gasteiger partial charge in [0.2, 0.25) is 5.91 Å². The Kier molecular flexibility index (Phi) is 5.97. The third-order valence-electron chi connectivity index (χ3n) is 5.92. The van der Waals surface area contributed by atoms with Gasteiger partial charge in [0.25, 0.3) is 0 Å². The Hall–Kier alpha value is -1.59. The fourth-order valence-corrected chi connectivity index (χ4v) is 4.24. The van der Waals surface area contributed by atoms with Gasteiger partial charge in [-0.05, 0) is 49.3 Å². The molecule has 5 nitrogen and oxygen atoms in total. The van der Waals surface area contributed by atoms with Crippen LogP contribution in [0.3, 0.4) is 0 Å². The largest absolute Gasteiger partial charge is 0.497 e. The Morgan fingerprint density at radius 1 is 1.36 bits per heavy atom. The number of amides is 1. The number of nitrogens with two attached hydrogens (primary N) is 1. The van der Waals surface area contributed by atoms with Gasteiger partial charge in [-0.2, -0.15) is 0 Å². The summed E-state index contributed by atoms with van der Waals surface area (Å²) < 4.78 is 10.8. The Morgan fingerprint density at radius 3 is 2.76 bits per heavy atom. The molecule has 25 heavy (non-hydrogen) atoms. The van der Waals surface area contributed by atoms with E-state index in [2.05, 4.69) is 17.4 Å². The number of hydrogen-bond donors (Lipinski definition) is 2. The molecule has 1 aromatic carbocycles. The molecule has 3 rings (SSSR count). The van der Waals surface area contributed by atoms with Crippen molar-refractivity contribution in [2.24, 2.45) is 11.7 Å². The Morgan fingerprint density at radius 2 is 2.08 bits per heavy atom. The number of hydrogen-bond acceptors (Lipinski definition) is 4. The van der Waals surface area contributed by atoms with Crippen molar-refractivity contribution in [1.29, 1.82) is 0 Å². The van der Waals surface area contributed by atoms with Crippen molar-refractivity contribution in [3.8, 4) is 5.75 Å². The van der Waals surface area contributed by atoms with Crippen LogP contribution in [0.15, 0.2) is 24.3 Å². The van der Waals surface area contributed by atoms with E-state index in [0.717, 1.165) is 31.4 Å². The molecule has 138 valence electrons. The van der Waals surface area contributed by atoms with Crippen LogP contribution in [0.5, 0.6) is 5.75 Å². The van der Waals surface area contributed by atoms with Gasteiger partial charge >= 0.3 is 0 Å². The first-order valence-corrected chi connectivity index (χ1v) is 9.40. The first kappa shape index (κ1) is 18.2. The van der Waals surface area contributed by atoms with Crippen molar-refractivity contribution in [1.82, 2.24) is 5.32 Å². The summed E-state index contributed by atoms with van der Waals surface area (Å²) in [6.07, 6.45) is 6.31. The molecule has 1 saturated carbocycles. The topological polar surface area (TPSA) is 73.6 Å². The number of rotatable bonds is 6. The highest BCUT2D eigenvalue weighted by atomic mass is 16.5. The molecule has 1 heterocycles. The smallest absolute Gasteiger partial charge is 0.237 e. The number of carbonyl (C=O) groups excluding carboxylic acids is 1. The van der Waals surface area contributed by atoms with Crippen LogP contribution in [0, 0.1) is 5.92 Å². The van der Waals surface area contributed by atoms with Gasteiger partial charge in [0.1, 0.15) is 5.75 Å². The zero-order valence-electron chi connectivity index (χ0n) is 15.1. The molecule has 1 amide bonds. The lowest BCUT2D eigenvalue weighted by Gasteiger charge is -2.32. The minimum absolute atomic E-state index is 0.000401. The van der Waals surface area contributed by atoms with E-state index in [1.807, 2.05) is 12.1 Å². The van der Waals surface area contributed by atoms with Gasteiger partial charge in [-0.1, -0.05) is 25.0 Å². The van der Waals surface area contributed by atoms with Gasteiger partial charge in [-0.25, -0.2) is 0 Å². The van der Waals surface area contributed by atoms with Crippen LogP contribution >= 0.6 is 0 Å². The van der Waals surface area contributed by atoms with E-state index in [0.29, 0.717) is 19.8 Å². The Balaban J connectivity index is 1.66. The number of nitrogens with one attached hydrogen (secondary N) is 1. The van der Waals surface area contributed by atoms with Gasteiger partial charge in [0.05, 0.1) is 13.2 Å². The highest BCUT2D eigenvalue weighted by Gasteiger charge is 2.37. The normalized spacial score (nSPS) is 21.7. The van der Waals surface area contributed by atoms with Gasteiger partial charge in [-0.15, -0.1) is 0 Å². The summed E-state index contributed by atoms with van der Waals surface area (Å²) in [7, 11) is 1.69. The molecule has 1 aliphatic carbocycles. The van der Waals surface area contributed by atoms with Crippen molar-refractivity contribution < 1.29 is 14.3 Å². The molecule has 1 atom stereocenters. The van der Waals surface area contributed by atoms with Gasteiger partial charge in [-0.3, -0.25) is 4.79 Å². The Bertz CT molecular complexity index is 578. The monoisotopic (exact) mass is 346 g/mol. The summed E-state index contributed by atoms with van der Waals surface area (Å²) in [5.41, 5.74) is 7.47. The van der Waals surface area contributed by atoms with E-state index < -0.39 is 6.04 Å². The molecule has 1 aromatic rings. The standard InChI is InChI=1S/C20H30N2O3/c1-24-17-6-4-5-16(13-17)20(9-2-3-10-20)14-22-19(23)18(21)15-7-11-25-12-8-15/h4-6,13,15,18H,2-3,7-12,14,21H2,1H3,(H,22,23). The van der Waals surface area contributed by atoms with Crippen molar-refractivity contribution in [3.63, 3.8) is 0 Å². The van der Waals surface area contributed by atoms with Crippen molar-refractivity contribution >= 4 is 5.91 Å². The van der Waals surface area contributed by atoms with Crippen molar-refractivity contribution in [2.75, 3.05) is 26.9 Å². The lowest BCUT2D eigenvalue weighted by molar-refractivity contribution is -0.124. The fraction of sp³-hybridized carbons (Fsp3) is 0.650. The second-order valence-electron chi connectivity index (χ2n) is 7.41. The summed E-state index contributed by atoms with van der Waals surface area (Å²) in [4.78, 5) is 12.6. The fourth-order valence-electron chi connectivity index (χ4n) is 4.24. The average molecular weight is 346 g/mol. The molecule has 5 heteroatoms. The molecule has 1 unspecified atom stereocenters. The third kappa shape index (κ3) is 4.15. The number of benzene rings is 1. The molecule has 0 spiro atoms. The third-order valence-corrected chi connectivity index (χ3v) is 5.92. The second-order valence-corrected chi connectivity index (χ2v) is 7.41. The average Bonchev–Trinajstić information content (AvgIpc) is 3.16. The lowest BCUT2D eigenvalue weighted by Crippen LogP contribution is -2.50. The van der Waals surface area contributed by atoms with Gasteiger partial charge < -0.3 is 20.5 Å².